The van der Waals surface area contributed by atoms with Crippen molar-refractivity contribution in [2.75, 3.05) is 6.61 Å². The number of hydrogen-bond acceptors (Lipinski definition) is 5. The highest BCUT2D eigenvalue weighted by Crippen LogP contribution is 2.41. The summed E-state index contributed by atoms with van der Waals surface area (Å²) in [5.41, 5.74) is 0.989. The maximum absolute atomic E-state index is 13.3. The molecule has 0 fully saturated rings. The zero-order chi connectivity index (χ0) is 23.1. The fourth-order valence-corrected chi connectivity index (χ4v) is 4.00. The van der Waals surface area contributed by atoms with Crippen LogP contribution < -0.4 is 14.8 Å². The summed E-state index contributed by atoms with van der Waals surface area (Å²) in [6.45, 7) is 0.278. The molecular formula is C23H17F3N4O3. The molecule has 7 nitrogen and oxygen atoms in total. The summed E-state index contributed by atoms with van der Waals surface area (Å²) < 4.78 is 49.3. The van der Waals surface area contributed by atoms with Crippen LogP contribution in [0.4, 0.5) is 13.2 Å². The van der Waals surface area contributed by atoms with Gasteiger partial charge in [0.25, 0.3) is 5.91 Å². The van der Waals surface area contributed by atoms with Crippen molar-refractivity contribution < 1.29 is 27.4 Å². The van der Waals surface area contributed by atoms with E-state index in [1.54, 1.807) is 53.5 Å². The lowest BCUT2D eigenvalue weighted by molar-refractivity contribution is -0.274. The van der Waals surface area contributed by atoms with Crippen molar-refractivity contribution >= 4 is 11.6 Å². The Kier molecular flexibility index (Phi) is 4.92. The minimum atomic E-state index is -4.80. The maximum Gasteiger partial charge on any atom is 0.573 e. The molecule has 4 heterocycles. The third-order valence-electron chi connectivity index (χ3n) is 5.47. The molecule has 3 aromatic heterocycles. The highest BCUT2D eigenvalue weighted by molar-refractivity contribution is 5.95. The molecule has 168 valence electrons. The Bertz CT molecular complexity index is 1320. The van der Waals surface area contributed by atoms with Crippen molar-refractivity contribution in [3.05, 3.63) is 90.1 Å². The first kappa shape index (κ1) is 20.8. The molecule has 0 spiro atoms. The number of nitrogens with one attached hydrogen (secondary N) is 1. The molecule has 0 saturated carbocycles. The number of ether oxygens (including phenoxy) is 2. The van der Waals surface area contributed by atoms with E-state index in [9.17, 15) is 18.0 Å². The van der Waals surface area contributed by atoms with Gasteiger partial charge in [-0.2, -0.15) is 0 Å². The molecule has 1 aromatic carbocycles. The van der Waals surface area contributed by atoms with Crippen LogP contribution in [0.2, 0.25) is 0 Å². The van der Waals surface area contributed by atoms with Crippen LogP contribution in [-0.4, -0.2) is 33.2 Å². The summed E-state index contributed by atoms with van der Waals surface area (Å²) in [7, 11) is 0. The minimum absolute atomic E-state index is 0.278. The molecule has 1 aliphatic rings. The van der Waals surface area contributed by atoms with Gasteiger partial charge in [0.05, 0.1) is 12.2 Å². The first-order valence-corrected chi connectivity index (χ1v) is 10.0. The van der Waals surface area contributed by atoms with Gasteiger partial charge in [-0.25, -0.2) is 4.98 Å². The summed E-state index contributed by atoms with van der Waals surface area (Å²) >= 11 is 0. The van der Waals surface area contributed by atoms with E-state index in [-0.39, 0.29) is 18.3 Å². The van der Waals surface area contributed by atoms with Crippen LogP contribution in [0.25, 0.3) is 5.65 Å². The lowest BCUT2D eigenvalue weighted by atomic mass is 9.81. The van der Waals surface area contributed by atoms with Crippen molar-refractivity contribution in [2.45, 2.75) is 18.3 Å². The van der Waals surface area contributed by atoms with E-state index in [1.165, 1.54) is 24.3 Å². The number of pyridine rings is 2. The lowest BCUT2D eigenvalue weighted by Gasteiger charge is -2.39. The second kappa shape index (κ2) is 7.80. The fourth-order valence-electron chi connectivity index (χ4n) is 4.00. The molecular weight excluding hydrogens is 437 g/mol. The van der Waals surface area contributed by atoms with Gasteiger partial charge >= 0.3 is 6.36 Å². The number of benzene rings is 1. The molecule has 1 N–H and O–H groups in total. The van der Waals surface area contributed by atoms with E-state index in [4.69, 9.17) is 4.74 Å². The number of nitrogens with zero attached hydrogens (tertiary/aromatic N) is 3. The molecule has 0 bridgehead atoms. The van der Waals surface area contributed by atoms with E-state index in [2.05, 4.69) is 20.0 Å². The van der Waals surface area contributed by atoms with Crippen LogP contribution in [0, 0.1) is 0 Å². The maximum atomic E-state index is 13.3. The molecule has 1 unspecified atom stereocenters. The topological polar surface area (TPSA) is 77.8 Å². The van der Waals surface area contributed by atoms with Crippen molar-refractivity contribution in [1.29, 1.82) is 0 Å². The number of carbonyl (C=O) groups excluding carboxylic acids is 1. The number of amides is 1. The predicted octanol–water partition coefficient (Wildman–Crippen LogP) is 4.08. The molecule has 10 heteroatoms. The van der Waals surface area contributed by atoms with E-state index in [1.807, 2.05) is 0 Å². The SMILES string of the molecule is O=C(NC1(c2ccc(OC(F)(F)F)cc2)CCOc2cccnc21)c1ccc2nccn2c1. The first-order chi connectivity index (χ1) is 15.8. The number of rotatable bonds is 4. The van der Waals surface area contributed by atoms with Crippen LogP contribution in [0.1, 0.15) is 28.0 Å². The molecule has 1 amide bonds. The monoisotopic (exact) mass is 454 g/mol. The number of fused-ring (bicyclic) bond motifs is 2. The van der Waals surface area contributed by atoms with Crippen LogP contribution in [0.3, 0.4) is 0 Å². The van der Waals surface area contributed by atoms with Gasteiger partial charge in [0, 0.05) is 31.2 Å². The highest BCUT2D eigenvalue weighted by Gasteiger charge is 2.43. The van der Waals surface area contributed by atoms with E-state index in [0.29, 0.717) is 34.6 Å². The van der Waals surface area contributed by atoms with E-state index < -0.39 is 11.9 Å². The molecule has 33 heavy (non-hydrogen) atoms. The summed E-state index contributed by atoms with van der Waals surface area (Å²) in [5.74, 6) is -0.240. The number of aromatic nitrogens is 3. The Hall–Kier alpha value is -4.08. The Balaban J connectivity index is 1.56. The number of alkyl halides is 3. The van der Waals surface area contributed by atoms with Crippen molar-refractivity contribution in [3.63, 3.8) is 0 Å². The molecule has 1 atom stereocenters. The van der Waals surface area contributed by atoms with Gasteiger partial charge < -0.3 is 19.2 Å². The van der Waals surface area contributed by atoms with Gasteiger partial charge in [-0.1, -0.05) is 12.1 Å². The van der Waals surface area contributed by atoms with Gasteiger partial charge in [-0.15, -0.1) is 13.2 Å². The number of imidazole rings is 1. The molecule has 0 saturated heterocycles. The first-order valence-electron chi connectivity index (χ1n) is 10.0. The van der Waals surface area contributed by atoms with Crippen LogP contribution in [-0.2, 0) is 5.54 Å². The quantitative estimate of drug-likeness (QED) is 0.503. The predicted molar refractivity (Wildman–Crippen MR) is 111 cm³/mol. The van der Waals surface area contributed by atoms with E-state index >= 15 is 0 Å². The minimum Gasteiger partial charge on any atom is -0.491 e. The van der Waals surface area contributed by atoms with Gasteiger partial charge in [0.15, 0.2) is 0 Å². The van der Waals surface area contributed by atoms with Gasteiger partial charge in [0.1, 0.15) is 28.4 Å². The largest absolute Gasteiger partial charge is 0.573 e. The second-order valence-corrected chi connectivity index (χ2v) is 7.49. The highest BCUT2D eigenvalue weighted by atomic mass is 19.4. The molecule has 5 rings (SSSR count). The Morgan fingerprint density at radius 1 is 1.09 bits per heavy atom. The lowest BCUT2D eigenvalue weighted by Crippen LogP contribution is -2.50. The Morgan fingerprint density at radius 2 is 1.91 bits per heavy atom. The molecule has 1 aliphatic heterocycles. The zero-order valence-corrected chi connectivity index (χ0v) is 17.0. The van der Waals surface area contributed by atoms with Crippen LogP contribution >= 0.6 is 0 Å². The van der Waals surface area contributed by atoms with Gasteiger partial charge in [0.2, 0.25) is 0 Å². The molecule has 4 aromatic rings. The molecule has 0 aliphatic carbocycles. The smallest absolute Gasteiger partial charge is 0.491 e. The summed E-state index contributed by atoms with van der Waals surface area (Å²) in [6.07, 6.45) is 2.12. The fraction of sp³-hybridized carbons (Fsp3) is 0.174. The molecule has 0 radical (unpaired) electrons. The van der Waals surface area contributed by atoms with E-state index in [0.717, 1.165) is 0 Å². The van der Waals surface area contributed by atoms with Crippen molar-refractivity contribution in [3.8, 4) is 11.5 Å². The number of hydrogen-bond donors (Lipinski definition) is 1. The zero-order valence-electron chi connectivity index (χ0n) is 17.0. The van der Waals surface area contributed by atoms with Crippen LogP contribution in [0.15, 0.2) is 73.3 Å². The number of halogens is 3. The van der Waals surface area contributed by atoms with Crippen molar-refractivity contribution in [1.82, 2.24) is 19.7 Å². The third kappa shape index (κ3) is 3.95. The average molecular weight is 454 g/mol. The van der Waals surface area contributed by atoms with Crippen molar-refractivity contribution in [2.24, 2.45) is 0 Å². The van der Waals surface area contributed by atoms with Gasteiger partial charge in [-0.3, -0.25) is 9.78 Å². The summed E-state index contributed by atoms with van der Waals surface area (Å²) in [4.78, 5) is 22.0. The Morgan fingerprint density at radius 3 is 2.70 bits per heavy atom. The summed E-state index contributed by atoms with van der Waals surface area (Å²) in [5, 5.41) is 3.07. The van der Waals surface area contributed by atoms with Crippen LogP contribution in [0.5, 0.6) is 11.5 Å². The third-order valence-corrected chi connectivity index (χ3v) is 5.47. The van der Waals surface area contributed by atoms with Gasteiger partial charge in [-0.05, 0) is 42.0 Å². The standard InChI is InChI=1S/C23H17F3N4O3/c24-23(25,26)33-17-6-4-16(5-7-17)22(9-13-32-18-2-1-10-28-20(18)22)29-21(31)15-3-8-19-27-11-12-30(19)14-15/h1-8,10-12,14H,9,13H2,(H,29,31). The number of carbonyl (C=O) groups is 1. The average Bonchev–Trinajstić information content (AvgIpc) is 3.27. The normalized spacial score (nSPS) is 17.8. The second-order valence-electron chi connectivity index (χ2n) is 7.49. The Labute approximate surface area is 185 Å². The summed E-state index contributed by atoms with van der Waals surface area (Å²) in [6, 6.07) is 12.2.